The van der Waals surface area contributed by atoms with E-state index in [2.05, 4.69) is 47.2 Å². The Morgan fingerprint density at radius 3 is 2.59 bits per heavy atom. The van der Waals surface area contributed by atoms with Crippen molar-refractivity contribution in [2.75, 3.05) is 32.5 Å². The molecular weight excluding hydrogens is 312 g/mol. The van der Waals surface area contributed by atoms with Gasteiger partial charge in [-0.1, -0.05) is 12.1 Å². The molecule has 0 aliphatic carbocycles. The molecule has 2 aromatic rings. The quantitative estimate of drug-likeness (QED) is 0.557. The van der Waals surface area contributed by atoms with Crippen LogP contribution in [0, 0.1) is 6.92 Å². The number of hydrogen-bond acceptors (Lipinski definition) is 3. The molecule has 1 heterocycles. The van der Waals surface area contributed by atoms with E-state index in [1.165, 1.54) is 4.90 Å². The van der Waals surface area contributed by atoms with Gasteiger partial charge in [0.25, 0.3) is 0 Å². The molecule has 0 radical (unpaired) electrons. The predicted molar refractivity (Wildman–Crippen MR) is 98.8 cm³/mol. The number of nitrogens with one attached hydrogen (secondary N) is 3. The van der Waals surface area contributed by atoms with Gasteiger partial charge in [-0.2, -0.15) is 0 Å². The largest absolute Gasteiger partial charge is 0.362 e. The Labute approximate surface area is 141 Å². The van der Waals surface area contributed by atoms with Crippen molar-refractivity contribution in [3.8, 4) is 11.3 Å². The maximum atomic E-state index is 5.31. The zero-order chi connectivity index (χ0) is 15.9. The summed E-state index contributed by atoms with van der Waals surface area (Å²) < 4.78 is 0. The third-order valence-corrected chi connectivity index (χ3v) is 4.22. The number of anilines is 1. The van der Waals surface area contributed by atoms with Crippen molar-refractivity contribution in [2.45, 2.75) is 13.3 Å². The van der Waals surface area contributed by atoms with Crippen molar-refractivity contribution in [3.05, 3.63) is 34.7 Å². The molecule has 1 aromatic heterocycles. The van der Waals surface area contributed by atoms with Crippen LogP contribution in [-0.2, 0) is 0 Å². The molecule has 0 saturated heterocycles. The summed E-state index contributed by atoms with van der Waals surface area (Å²) in [6, 6.07) is 8.19. The molecule has 0 aliphatic rings. The molecule has 2 rings (SSSR count). The van der Waals surface area contributed by atoms with Crippen LogP contribution in [0.3, 0.4) is 0 Å². The fourth-order valence-electron chi connectivity index (χ4n) is 2.04. The maximum absolute atomic E-state index is 5.31. The molecule has 0 bridgehead atoms. The molecule has 0 atom stereocenters. The molecule has 6 heteroatoms. The van der Waals surface area contributed by atoms with Crippen LogP contribution in [0.15, 0.2) is 29.6 Å². The van der Waals surface area contributed by atoms with Gasteiger partial charge in [-0.05, 0) is 31.3 Å². The van der Waals surface area contributed by atoms with E-state index >= 15 is 0 Å². The first-order valence-corrected chi connectivity index (χ1v) is 8.70. The summed E-state index contributed by atoms with van der Waals surface area (Å²) in [5.41, 5.74) is 3.15. The summed E-state index contributed by atoms with van der Waals surface area (Å²) >= 11 is 6.97. The van der Waals surface area contributed by atoms with Crippen molar-refractivity contribution in [2.24, 2.45) is 0 Å². The highest BCUT2D eigenvalue weighted by molar-refractivity contribution is 7.80. The normalized spacial score (nSPS) is 10.7. The molecule has 0 unspecified atom stereocenters. The van der Waals surface area contributed by atoms with E-state index < -0.39 is 0 Å². The number of thiazole rings is 1. The van der Waals surface area contributed by atoms with Gasteiger partial charge in [0.15, 0.2) is 5.11 Å². The third-order valence-electron chi connectivity index (χ3n) is 3.20. The van der Waals surface area contributed by atoms with Crippen LogP contribution >= 0.6 is 23.6 Å². The standard InChI is InChI=1S/C16H22N4S2/c1-12-18-15(11-22-12)13-5-7-14(8-6-13)19-16(21)17-9-4-10-20(2)3/h5-8,11H,4,9-10H2,1-3H3,(H2,17,19,21)/p+1. The summed E-state index contributed by atoms with van der Waals surface area (Å²) in [5.74, 6) is 0. The van der Waals surface area contributed by atoms with E-state index in [-0.39, 0.29) is 0 Å². The van der Waals surface area contributed by atoms with E-state index in [1.54, 1.807) is 11.3 Å². The van der Waals surface area contributed by atoms with E-state index in [9.17, 15) is 0 Å². The molecule has 0 amide bonds. The molecule has 1 aromatic carbocycles. The lowest BCUT2D eigenvalue weighted by Crippen LogP contribution is -3.05. The van der Waals surface area contributed by atoms with Crippen molar-refractivity contribution in [1.29, 1.82) is 0 Å². The van der Waals surface area contributed by atoms with Crippen molar-refractivity contribution < 1.29 is 4.90 Å². The Hall–Kier alpha value is -1.50. The van der Waals surface area contributed by atoms with E-state index in [0.717, 1.165) is 41.5 Å². The Bertz CT molecular complexity index is 605. The Kier molecular flexibility index (Phi) is 6.30. The first-order chi connectivity index (χ1) is 10.5. The summed E-state index contributed by atoms with van der Waals surface area (Å²) in [4.78, 5) is 5.95. The second kappa shape index (κ2) is 8.22. The van der Waals surface area contributed by atoms with Gasteiger partial charge in [0.2, 0.25) is 0 Å². The van der Waals surface area contributed by atoms with Gasteiger partial charge in [-0.3, -0.25) is 0 Å². The first-order valence-electron chi connectivity index (χ1n) is 7.41. The van der Waals surface area contributed by atoms with Crippen LogP contribution in [0.5, 0.6) is 0 Å². The molecule has 22 heavy (non-hydrogen) atoms. The predicted octanol–water partition coefficient (Wildman–Crippen LogP) is 1.94. The highest BCUT2D eigenvalue weighted by Crippen LogP contribution is 2.22. The molecule has 118 valence electrons. The fraction of sp³-hybridized carbons (Fsp3) is 0.375. The number of thiocarbonyl (C=S) groups is 1. The summed E-state index contributed by atoms with van der Waals surface area (Å²) in [6.45, 7) is 4.05. The van der Waals surface area contributed by atoms with Crippen molar-refractivity contribution in [3.63, 3.8) is 0 Å². The molecule has 0 saturated carbocycles. The van der Waals surface area contributed by atoms with Gasteiger partial charge in [0.05, 0.1) is 31.3 Å². The van der Waals surface area contributed by atoms with Crippen LogP contribution in [-0.4, -0.2) is 37.3 Å². The minimum Gasteiger partial charge on any atom is -0.362 e. The van der Waals surface area contributed by atoms with Gasteiger partial charge >= 0.3 is 0 Å². The number of nitrogens with zero attached hydrogens (tertiary/aromatic N) is 1. The molecule has 0 aliphatic heterocycles. The SMILES string of the molecule is Cc1nc(-c2ccc(NC(=S)NCCC[NH+](C)C)cc2)cs1. The smallest absolute Gasteiger partial charge is 0.170 e. The van der Waals surface area contributed by atoms with Crippen LogP contribution in [0.4, 0.5) is 5.69 Å². The molecule has 4 nitrogen and oxygen atoms in total. The Morgan fingerprint density at radius 2 is 2.00 bits per heavy atom. The highest BCUT2D eigenvalue weighted by Gasteiger charge is 2.03. The second-order valence-electron chi connectivity index (χ2n) is 5.52. The van der Waals surface area contributed by atoms with E-state index in [0.29, 0.717) is 5.11 Å². The van der Waals surface area contributed by atoms with Crippen molar-refractivity contribution >= 4 is 34.4 Å². The number of quaternary nitrogens is 1. The molecule has 3 N–H and O–H groups in total. The lowest BCUT2D eigenvalue weighted by Gasteiger charge is -2.11. The summed E-state index contributed by atoms with van der Waals surface area (Å²) in [7, 11) is 4.31. The van der Waals surface area contributed by atoms with E-state index in [4.69, 9.17) is 12.2 Å². The number of hydrogen-bond donors (Lipinski definition) is 3. The number of benzene rings is 1. The number of aromatic nitrogens is 1. The topological polar surface area (TPSA) is 41.4 Å². The number of rotatable bonds is 6. The van der Waals surface area contributed by atoms with Crippen LogP contribution in [0.1, 0.15) is 11.4 Å². The monoisotopic (exact) mass is 335 g/mol. The van der Waals surface area contributed by atoms with Gasteiger partial charge < -0.3 is 15.5 Å². The fourth-order valence-corrected chi connectivity index (χ4v) is 2.88. The van der Waals surface area contributed by atoms with Crippen LogP contribution < -0.4 is 15.5 Å². The summed E-state index contributed by atoms with van der Waals surface area (Å²) in [6.07, 6.45) is 1.10. The van der Waals surface area contributed by atoms with Gasteiger partial charge in [-0.15, -0.1) is 11.3 Å². The van der Waals surface area contributed by atoms with Gasteiger partial charge in [0, 0.05) is 29.6 Å². The minimum atomic E-state index is 0.672. The van der Waals surface area contributed by atoms with Crippen LogP contribution in [0.25, 0.3) is 11.3 Å². The zero-order valence-corrected chi connectivity index (χ0v) is 14.9. The molecule has 0 fully saturated rings. The lowest BCUT2D eigenvalue weighted by molar-refractivity contribution is -0.858. The van der Waals surface area contributed by atoms with Crippen LogP contribution in [0.2, 0.25) is 0 Å². The number of aryl methyl sites for hydroxylation is 1. The lowest BCUT2D eigenvalue weighted by atomic mass is 10.1. The highest BCUT2D eigenvalue weighted by atomic mass is 32.1. The first kappa shape index (κ1) is 16.9. The minimum absolute atomic E-state index is 0.672. The third kappa shape index (κ3) is 5.36. The Balaban J connectivity index is 1.82. The maximum Gasteiger partial charge on any atom is 0.170 e. The van der Waals surface area contributed by atoms with Gasteiger partial charge in [-0.25, -0.2) is 4.98 Å². The average molecular weight is 336 g/mol. The van der Waals surface area contributed by atoms with Crippen molar-refractivity contribution in [1.82, 2.24) is 10.3 Å². The molecular formula is C16H23N4S2+. The van der Waals surface area contributed by atoms with E-state index in [1.807, 2.05) is 19.1 Å². The Morgan fingerprint density at radius 1 is 1.27 bits per heavy atom. The summed E-state index contributed by atoms with van der Waals surface area (Å²) in [5, 5.41) is 10.3. The van der Waals surface area contributed by atoms with Gasteiger partial charge in [0.1, 0.15) is 0 Å². The second-order valence-corrected chi connectivity index (χ2v) is 6.99. The molecule has 0 spiro atoms. The zero-order valence-electron chi connectivity index (χ0n) is 13.3. The average Bonchev–Trinajstić information content (AvgIpc) is 2.91.